The zero-order valence-electron chi connectivity index (χ0n) is 12.1. The van der Waals surface area contributed by atoms with Crippen LogP contribution in [0.3, 0.4) is 0 Å². The molecule has 1 saturated carbocycles. The molecule has 1 aromatic carbocycles. The molecular weight excluding hydrogens is 307 g/mol. The fraction of sp³-hybridized carbons (Fsp3) is 0.562. The summed E-state index contributed by atoms with van der Waals surface area (Å²) in [4.78, 5) is 14.6. The number of likely N-dealkylation sites (tertiary alicyclic amines) is 1. The van der Waals surface area contributed by atoms with E-state index in [4.69, 9.17) is 23.2 Å². The molecule has 3 atom stereocenters. The minimum atomic E-state index is 0.135. The molecule has 0 bridgehead atoms. The molecule has 2 aliphatic rings. The van der Waals surface area contributed by atoms with Gasteiger partial charge in [-0.15, -0.1) is 0 Å². The van der Waals surface area contributed by atoms with Crippen molar-refractivity contribution >= 4 is 29.1 Å². The topological polar surface area (TPSA) is 32.3 Å². The van der Waals surface area contributed by atoms with E-state index in [2.05, 4.69) is 5.32 Å². The highest BCUT2D eigenvalue weighted by molar-refractivity contribution is 6.42. The first kappa shape index (κ1) is 15.1. The summed E-state index contributed by atoms with van der Waals surface area (Å²) in [5.74, 6) is 1.36. The number of hydrogen-bond donors (Lipinski definition) is 1. The number of carbonyl (C=O) groups is 1. The van der Waals surface area contributed by atoms with E-state index in [0.717, 1.165) is 38.0 Å². The molecule has 1 aromatic rings. The van der Waals surface area contributed by atoms with Gasteiger partial charge < -0.3 is 10.2 Å². The second kappa shape index (κ2) is 6.15. The molecule has 0 spiro atoms. The van der Waals surface area contributed by atoms with Gasteiger partial charge in [0.2, 0.25) is 5.91 Å². The summed E-state index contributed by atoms with van der Waals surface area (Å²) in [6.07, 6.45) is 2.04. The number of nitrogens with one attached hydrogen (secondary N) is 1. The molecule has 0 unspecified atom stereocenters. The number of nitrogens with zero attached hydrogens (tertiary/aromatic N) is 1. The third kappa shape index (κ3) is 3.20. The molecule has 1 aliphatic carbocycles. The van der Waals surface area contributed by atoms with E-state index in [1.54, 1.807) is 0 Å². The van der Waals surface area contributed by atoms with Crippen LogP contribution in [0.1, 0.15) is 24.3 Å². The lowest BCUT2D eigenvalue weighted by Gasteiger charge is -2.16. The van der Waals surface area contributed by atoms with Gasteiger partial charge in [0.25, 0.3) is 0 Å². The average molecular weight is 327 g/mol. The van der Waals surface area contributed by atoms with Crippen molar-refractivity contribution in [1.29, 1.82) is 0 Å². The summed E-state index contributed by atoms with van der Waals surface area (Å²) in [5.41, 5.74) is 1.13. The zero-order valence-corrected chi connectivity index (χ0v) is 13.6. The Morgan fingerprint density at radius 2 is 2.19 bits per heavy atom. The van der Waals surface area contributed by atoms with E-state index in [1.807, 2.05) is 30.1 Å². The molecule has 1 saturated heterocycles. The first-order valence-electron chi connectivity index (χ1n) is 7.48. The van der Waals surface area contributed by atoms with Gasteiger partial charge in [-0.3, -0.25) is 4.79 Å². The molecular formula is C16H20Cl2N2O. The summed E-state index contributed by atoms with van der Waals surface area (Å²) < 4.78 is 0. The van der Waals surface area contributed by atoms with Crippen molar-refractivity contribution in [1.82, 2.24) is 10.2 Å². The van der Waals surface area contributed by atoms with Gasteiger partial charge in [-0.1, -0.05) is 29.3 Å². The van der Waals surface area contributed by atoms with Gasteiger partial charge in [0.1, 0.15) is 0 Å². The van der Waals surface area contributed by atoms with Crippen LogP contribution in [0.2, 0.25) is 10.0 Å². The van der Waals surface area contributed by atoms with Crippen LogP contribution in [-0.2, 0) is 4.79 Å². The lowest BCUT2D eigenvalue weighted by Crippen LogP contribution is -2.31. The highest BCUT2D eigenvalue weighted by Crippen LogP contribution is 2.49. The Balaban J connectivity index is 1.60. The lowest BCUT2D eigenvalue weighted by molar-refractivity contribution is -0.131. The van der Waals surface area contributed by atoms with Gasteiger partial charge in [0.05, 0.1) is 10.0 Å². The second-order valence-electron chi connectivity index (χ2n) is 6.12. The summed E-state index contributed by atoms with van der Waals surface area (Å²) in [5, 5.41) is 4.33. The van der Waals surface area contributed by atoms with E-state index >= 15 is 0 Å². The van der Waals surface area contributed by atoms with E-state index in [0.29, 0.717) is 27.8 Å². The van der Waals surface area contributed by atoms with E-state index in [1.165, 1.54) is 0 Å². The summed E-state index contributed by atoms with van der Waals surface area (Å²) in [6.45, 7) is 2.78. The van der Waals surface area contributed by atoms with Gasteiger partial charge in [-0.2, -0.15) is 0 Å². The first-order valence-corrected chi connectivity index (χ1v) is 8.24. The number of benzene rings is 1. The minimum absolute atomic E-state index is 0.135. The van der Waals surface area contributed by atoms with Crippen LogP contribution >= 0.6 is 23.2 Å². The maximum atomic E-state index is 12.5. The maximum absolute atomic E-state index is 12.5. The summed E-state index contributed by atoms with van der Waals surface area (Å²) >= 11 is 12.0. The fourth-order valence-electron chi connectivity index (χ4n) is 3.30. The Bertz CT molecular complexity index is 549. The van der Waals surface area contributed by atoms with E-state index in [9.17, 15) is 4.79 Å². The van der Waals surface area contributed by atoms with Crippen molar-refractivity contribution < 1.29 is 4.79 Å². The van der Waals surface area contributed by atoms with Crippen molar-refractivity contribution in [3.05, 3.63) is 33.8 Å². The van der Waals surface area contributed by atoms with Crippen LogP contribution in [0.25, 0.3) is 0 Å². The monoisotopic (exact) mass is 326 g/mol. The number of hydrogen-bond acceptors (Lipinski definition) is 2. The Labute approximate surface area is 135 Å². The Hall–Kier alpha value is -0.770. The number of carbonyl (C=O) groups excluding carboxylic acids is 1. The SMILES string of the molecule is CNC[C@@H]1CCN(C(=O)[C@H]2C[C@@H]2c2ccc(Cl)c(Cl)c2)C1. The normalized spacial score (nSPS) is 28.0. The fourth-order valence-corrected chi connectivity index (χ4v) is 3.61. The van der Waals surface area contributed by atoms with Gasteiger partial charge in [0.15, 0.2) is 0 Å². The Morgan fingerprint density at radius 3 is 2.90 bits per heavy atom. The third-order valence-electron chi connectivity index (χ3n) is 4.57. The highest BCUT2D eigenvalue weighted by atomic mass is 35.5. The van der Waals surface area contributed by atoms with Crippen LogP contribution in [0.4, 0.5) is 0 Å². The minimum Gasteiger partial charge on any atom is -0.342 e. The third-order valence-corrected chi connectivity index (χ3v) is 5.31. The predicted octanol–water partition coefficient (Wildman–Crippen LogP) is 3.16. The second-order valence-corrected chi connectivity index (χ2v) is 6.93. The van der Waals surface area contributed by atoms with Crippen molar-refractivity contribution in [3.63, 3.8) is 0 Å². The molecule has 21 heavy (non-hydrogen) atoms. The molecule has 0 aromatic heterocycles. The maximum Gasteiger partial charge on any atom is 0.226 e. The van der Waals surface area contributed by atoms with Gasteiger partial charge in [0, 0.05) is 19.0 Å². The standard InChI is InChI=1S/C16H20Cl2N2O/c1-19-8-10-4-5-20(9-10)16(21)13-7-12(13)11-2-3-14(17)15(18)6-11/h2-3,6,10,12-13,19H,4-5,7-9H2,1H3/t10-,12+,13-/m0/s1. The Kier molecular flexibility index (Phi) is 4.43. The summed E-state index contributed by atoms with van der Waals surface area (Å²) in [7, 11) is 1.96. The Morgan fingerprint density at radius 1 is 1.38 bits per heavy atom. The molecule has 1 amide bonds. The average Bonchev–Trinajstić information content (AvgIpc) is 3.13. The molecule has 114 valence electrons. The number of amides is 1. The van der Waals surface area contributed by atoms with Crippen LogP contribution < -0.4 is 5.32 Å². The molecule has 3 nitrogen and oxygen atoms in total. The molecule has 3 rings (SSSR count). The molecule has 1 heterocycles. The van der Waals surface area contributed by atoms with Gasteiger partial charge >= 0.3 is 0 Å². The molecule has 2 fully saturated rings. The number of halogens is 2. The van der Waals surface area contributed by atoms with Crippen molar-refractivity contribution in [2.45, 2.75) is 18.8 Å². The highest BCUT2D eigenvalue weighted by Gasteiger charge is 2.46. The van der Waals surface area contributed by atoms with Crippen LogP contribution in [-0.4, -0.2) is 37.5 Å². The largest absolute Gasteiger partial charge is 0.342 e. The van der Waals surface area contributed by atoms with Crippen LogP contribution in [0, 0.1) is 11.8 Å². The quantitative estimate of drug-likeness (QED) is 0.921. The van der Waals surface area contributed by atoms with E-state index in [-0.39, 0.29) is 5.92 Å². The van der Waals surface area contributed by atoms with E-state index < -0.39 is 0 Å². The van der Waals surface area contributed by atoms with Crippen molar-refractivity contribution in [2.24, 2.45) is 11.8 Å². The molecule has 0 radical (unpaired) electrons. The summed E-state index contributed by atoms with van der Waals surface area (Å²) in [6, 6.07) is 5.70. The van der Waals surface area contributed by atoms with Crippen LogP contribution in [0.5, 0.6) is 0 Å². The molecule has 1 N–H and O–H groups in total. The van der Waals surface area contributed by atoms with Crippen molar-refractivity contribution in [2.75, 3.05) is 26.7 Å². The molecule has 1 aliphatic heterocycles. The number of rotatable bonds is 4. The van der Waals surface area contributed by atoms with Gasteiger partial charge in [-0.05, 0) is 56.0 Å². The first-order chi connectivity index (χ1) is 10.1. The van der Waals surface area contributed by atoms with Gasteiger partial charge in [-0.25, -0.2) is 0 Å². The zero-order chi connectivity index (χ0) is 15.0. The molecule has 5 heteroatoms. The predicted molar refractivity (Wildman–Crippen MR) is 85.9 cm³/mol. The lowest BCUT2D eigenvalue weighted by atomic mass is 10.1. The smallest absolute Gasteiger partial charge is 0.226 e. The van der Waals surface area contributed by atoms with Crippen LogP contribution in [0.15, 0.2) is 18.2 Å². The van der Waals surface area contributed by atoms with Crippen molar-refractivity contribution in [3.8, 4) is 0 Å².